The Kier molecular flexibility index (Phi) is 20.6. The lowest BCUT2D eigenvalue weighted by Gasteiger charge is -2.27. The fraction of sp³-hybridized carbons (Fsp3) is 0.674. The summed E-state index contributed by atoms with van der Waals surface area (Å²) in [5, 5.41) is 28.7. The van der Waals surface area contributed by atoms with Gasteiger partial charge in [-0.05, 0) is 51.5 Å². The molecule has 4 rings (SSSR count). The molecule has 15 nitrogen and oxygen atoms in total. The second-order valence-corrected chi connectivity index (χ2v) is 17.4. The number of nitrogen functional groups attached to an aromatic ring is 1. The molecule has 2 unspecified atom stereocenters. The van der Waals surface area contributed by atoms with Gasteiger partial charge in [0, 0.05) is 19.6 Å². The summed E-state index contributed by atoms with van der Waals surface area (Å²) in [6, 6.07) is 12.7. The summed E-state index contributed by atoms with van der Waals surface area (Å²) in [4.78, 5) is 17.0. The number of fused-ring (bicyclic) bond motifs is 1. The Labute approximate surface area is 350 Å². The molecule has 0 aliphatic carbocycles. The molecule has 1 aliphatic rings. The summed E-state index contributed by atoms with van der Waals surface area (Å²) < 4.78 is 50.7. The molecular weight excluding hydrogens is 775 g/mol. The van der Waals surface area contributed by atoms with E-state index < -0.39 is 56.4 Å². The van der Waals surface area contributed by atoms with E-state index in [1.54, 1.807) is 56.3 Å². The fourth-order valence-corrected chi connectivity index (χ4v) is 8.60. The van der Waals surface area contributed by atoms with Gasteiger partial charge < -0.3 is 34.3 Å². The Morgan fingerprint density at radius 3 is 2.19 bits per heavy atom. The molecule has 4 N–H and O–H groups in total. The van der Waals surface area contributed by atoms with Crippen LogP contribution < -0.4 is 15.3 Å². The van der Waals surface area contributed by atoms with Crippen LogP contribution in [-0.4, -0.2) is 76.1 Å². The molecule has 1 aromatic carbocycles. The van der Waals surface area contributed by atoms with E-state index in [9.17, 15) is 19.7 Å². The van der Waals surface area contributed by atoms with Crippen LogP contribution in [0.15, 0.2) is 48.8 Å². The molecule has 59 heavy (non-hydrogen) atoms. The van der Waals surface area contributed by atoms with Gasteiger partial charge in [0.1, 0.15) is 41.9 Å². The standard InChI is InChI=1S/C43H67N6O9P/c1-5-6-7-8-9-10-11-12-13-14-15-16-17-21-27-53-28-22-29-54-42(51)33(2)48-59(52,58-35-23-19-18-20-24-35)55-31-34(30-44)39-40(57-43(3,4)56-39)38(50)36-25-26-37-41(45)46-32-47-49(36)37/h18-20,23-26,32-34,38-40,50H,5-17,21-22,27-29,31H2,1-4H3,(H,48,52)(H2,45,46,47)/t33-,34?,38-,39+,40-,59?/m0/s1. The van der Waals surface area contributed by atoms with Crippen LogP contribution in [0, 0.1) is 17.2 Å². The van der Waals surface area contributed by atoms with Gasteiger partial charge in [-0.25, -0.2) is 14.1 Å². The van der Waals surface area contributed by atoms with Crippen LogP contribution in [0.25, 0.3) is 5.52 Å². The molecule has 0 amide bonds. The quantitative estimate of drug-likeness (QED) is 0.0327. The third-order valence-corrected chi connectivity index (χ3v) is 11.9. The van der Waals surface area contributed by atoms with Crippen molar-refractivity contribution in [3.8, 4) is 11.8 Å². The smallest absolute Gasteiger partial charge is 0.459 e. The van der Waals surface area contributed by atoms with Crippen molar-refractivity contribution in [2.75, 3.05) is 32.2 Å². The summed E-state index contributed by atoms with van der Waals surface area (Å²) in [6.07, 6.45) is 16.6. The number of nitrogens with one attached hydrogen (secondary N) is 1. The molecule has 2 aromatic heterocycles. The van der Waals surface area contributed by atoms with E-state index in [4.69, 9.17) is 33.7 Å². The van der Waals surface area contributed by atoms with Crippen LogP contribution in [0.5, 0.6) is 5.75 Å². The van der Waals surface area contributed by atoms with E-state index in [0.29, 0.717) is 30.8 Å². The molecule has 1 fully saturated rings. The van der Waals surface area contributed by atoms with Crippen molar-refractivity contribution in [1.29, 1.82) is 5.26 Å². The molecule has 1 saturated heterocycles. The second-order valence-electron chi connectivity index (χ2n) is 15.7. The molecule has 1 aliphatic heterocycles. The lowest BCUT2D eigenvalue weighted by Crippen LogP contribution is -2.39. The van der Waals surface area contributed by atoms with Gasteiger partial charge in [0.25, 0.3) is 0 Å². The van der Waals surface area contributed by atoms with E-state index in [2.05, 4.69) is 28.2 Å². The Bertz CT molecular complexity index is 1760. The SMILES string of the molecule is CCCCCCCCCCCCCCCCOCCCOC(=O)[C@H](C)NP(=O)(OCC(C#N)[C@H]1OC(C)(C)O[C@H]1[C@@H](O)c1ccc2c(N)ncnn12)Oc1ccccc1. The number of carbonyl (C=O) groups is 1. The summed E-state index contributed by atoms with van der Waals surface area (Å²) in [7, 11) is -4.32. The minimum atomic E-state index is -4.32. The number of aliphatic hydroxyl groups excluding tert-OH is 1. The zero-order valence-corrected chi connectivity index (χ0v) is 36.4. The molecule has 6 atom stereocenters. The number of anilines is 1. The van der Waals surface area contributed by atoms with Crippen LogP contribution in [0.1, 0.15) is 136 Å². The van der Waals surface area contributed by atoms with Crippen molar-refractivity contribution in [3.63, 3.8) is 0 Å². The Morgan fingerprint density at radius 1 is 0.932 bits per heavy atom. The Balaban J connectivity index is 1.20. The highest BCUT2D eigenvalue weighted by atomic mass is 31.2. The monoisotopic (exact) mass is 842 g/mol. The number of unbranched alkanes of at least 4 members (excludes halogenated alkanes) is 13. The van der Waals surface area contributed by atoms with Gasteiger partial charge in [-0.15, -0.1) is 0 Å². The van der Waals surface area contributed by atoms with Crippen LogP contribution >= 0.6 is 7.75 Å². The number of nitrogens with two attached hydrogens (primary N) is 1. The van der Waals surface area contributed by atoms with Crippen molar-refractivity contribution in [2.45, 2.75) is 154 Å². The molecule has 3 heterocycles. The van der Waals surface area contributed by atoms with Crippen LogP contribution in [-0.2, 0) is 32.8 Å². The van der Waals surface area contributed by atoms with Crippen molar-refractivity contribution < 1.29 is 42.5 Å². The first-order valence-corrected chi connectivity index (χ1v) is 23.0. The molecule has 0 saturated carbocycles. The van der Waals surface area contributed by atoms with E-state index in [-0.39, 0.29) is 18.2 Å². The first-order chi connectivity index (χ1) is 28.5. The van der Waals surface area contributed by atoms with Gasteiger partial charge in [0.05, 0.1) is 30.9 Å². The summed E-state index contributed by atoms with van der Waals surface area (Å²) in [5.74, 6) is -2.52. The molecule has 328 valence electrons. The number of hydrogen-bond donors (Lipinski definition) is 3. The lowest BCUT2D eigenvalue weighted by molar-refractivity contribution is -0.157. The third-order valence-electron chi connectivity index (χ3n) is 10.3. The predicted octanol–water partition coefficient (Wildman–Crippen LogP) is 8.62. The van der Waals surface area contributed by atoms with Gasteiger partial charge in [0.15, 0.2) is 11.6 Å². The summed E-state index contributed by atoms with van der Waals surface area (Å²) in [5.41, 5.74) is 6.81. The lowest BCUT2D eigenvalue weighted by atomic mass is 9.95. The van der Waals surface area contributed by atoms with Gasteiger partial charge in [-0.3, -0.25) is 9.32 Å². The van der Waals surface area contributed by atoms with Crippen LogP contribution in [0.3, 0.4) is 0 Å². The highest BCUT2D eigenvalue weighted by molar-refractivity contribution is 7.52. The van der Waals surface area contributed by atoms with Crippen LogP contribution in [0.4, 0.5) is 5.82 Å². The predicted molar refractivity (Wildman–Crippen MR) is 225 cm³/mol. The maximum Gasteiger partial charge on any atom is 0.459 e. The van der Waals surface area contributed by atoms with E-state index in [1.165, 1.54) is 94.8 Å². The average Bonchev–Trinajstić information content (AvgIpc) is 3.80. The van der Waals surface area contributed by atoms with E-state index in [0.717, 1.165) is 12.8 Å². The fourth-order valence-electron chi connectivity index (χ4n) is 7.08. The molecular formula is C43H67N6O9P. The first kappa shape index (κ1) is 48.1. The van der Waals surface area contributed by atoms with Crippen molar-refractivity contribution in [3.05, 3.63) is 54.5 Å². The number of esters is 1. The number of hydrogen-bond acceptors (Lipinski definition) is 13. The summed E-state index contributed by atoms with van der Waals surface area (Å²) >= 11 is 0. The number of carbonyl (C=O) groups excluding carboxylic acids is 1. The minimum absolute atomic E-state index is 0.124. The van der Waals surface area contributed by atoms with Gasteiger partial charge in [-0.1, -0.05) is 109 Å². The van der Waals surface area contributed by atoms with Gasteiger partial charge in [0.2, 0.25) is 0 Å². The van der Waals surface area contributed by atoms with Crippen molar-refractivity contribution in [1.82, 2.24) is 19.7 Å². The number of ether oxygens (including phenoxy) is 4. The van der Waals surface area contributed by atoms with Crippen molar-refractivity contribution in [2.24, 2.45) is 5.92 Å². The number of aromatic nitrogens is 3. The number of nitrogens with zero attached hydrogens (tertiary/aromatic N) is 4. The van der Waals surface area contributed by atoms with E-state index in [1.807, 2.05) is 0 Å². The normalized spacial score (nSPS) is 18.8. The molecule has 3 aromatic rings. The molecule has 0 spiro atoms. The topological polar surface area (TPSA) is 202 Å². The highest BCUT2D eigenvalue weighted by Gasteiger charge is 2.50. The molecule has 0 bridgehead atoms. The van der Waals surface area contributed by atoms with E-state index >= 15 is 0 Å². The van der Waals surface area contributed by atoms with Gasteiger partial charge in [-0.2, -0.15) is 15.4 Å². The van der Waals surface area contributed by atoms with Gasteiger partial charge >= 0.3 is 13.7 Å². The zero-order chi connectivity index (χ0) is 42.5. The first-order valence-electron chi connectivity index (χ1n) is 21.5. The average molecular weight is 843 g/mol. The maximum absolute atomic E-state index is 14.2. The number of rotatable bonds is 30. The van der Waals surface area contributed by atoms with Crippen LogP contribution in [0.2, 0.25) is 0 Å². The Morgan fingerprint density at radius 2 is 1.54 bits per heavy atom. The third kappa shape index (κ3) is 16.1. The minimum Gasteiger partial charge on any atom is -0.464 e. The number of para-hydroxylation sites is 1. The number of benzene rings is 1. The second kappa shape index (κ2) is 25.2. The molecule has 16 heteroatoms. The van der Waals surface area contributed by atoms with Crippen molar-refractivity contribution >= 4 is 25.1 Å². The Hall–Kier alpha value is -3.61. The highest BCUT2D eigenvalue weighted by Crippen LogP contribution is 2.47. The largest absolute Gasteiger partial charge is 0.464 e. The number of nitriles is 1. The summed E-state index contributed by atoms with van der Waals surface area (Å²) in [6.45, 7) is 7.85. The maximum atomic E-state index is 14.2. The molecule has 0 radical (unpaired) electrons. The number of aliphatic hydroxyl groups is 1. The zero-order valence-electron chi connectivity index (χ0n) is 35.5.